The molecule has 3 aromatic rings. The van der Waals surface area contributed by atoms with Crippen molar-refractivity contribution >= 4 is 28.8 Å². The van der Waals surface area contributed by atoms with Gasteiger partial charge in [-0.05, 0) is 67.1 Å². The second kappa shape index (κ2) is 7.85. The Morgan fingerprint density at radius 3 is 2.52 bits per heavy atom. The van der Waals surface area contributed by atoms with Crippen LogP contribution in [0.25, 0.3) is 5.76 Å². The highest BCUT2D eigenvalue weighted by molar-refractivity contribution is 6.51. The fourth-order valence-corrected chi connectivity index (χ4v) is 4.45. The molecule has 0 bridgehead atoms. The van der Waals surface area contributed by atoms with Crippen molar-refractivity contribution in [2.45, 2.75) is 25.5 Å². The van der Waals surface area contributed by atoms with Gasteiger partial charge in [0.15, 0.2) is 0 Å². The van der Waals surface area contributed by atoms with Crippen LogP contribution in [0.1, 0.15) is 29.9 Å². The van der Waals surface area contributed by atoms with Gasteiger partial charge in [0, 0.05) is 37.5 Å². The van der Waals surface area contributed by atoms with Gasteiger partial charge in [0.1, 0.15) is 29.4 Å². The number of amides is 1. The summed E-state index contributed by atoms with van der Waals surface area (Å²) in [7, 11) is 3.85. The fraction of sp³-hybridized carbons (Fsp3) is 0.231. The van der Waals surface area contributed by atoms with Crippen molar-refractivity contribution in [2.75, 3.05) is 23.9 Å². The number of hydrogen-bond donors (Lipinski definition) is 1. The smallest absolute Gasteiger partial charge is 0.300 e. The molecule has 168 valence electrons. The van der Waals surface area contributed by atoms with E-state index in [-0.39, 0.29) is 17.4 Å². The minimum atomic E-state index is -0.881. The van der Waals surface area contributed by atoms with Crippen molar-refractivity contribution in [2.24, 2.45) is 0 Å². The van der Waals surface area contributed by atoms with E-state index < -0.39 is 17.7 Å². The van der Waals surface area contributed by atoms with Gasteiger partial charge in [-0.2, -0.15) is 0 Å². The number of benzene rings is 2. The molecule has 33 heavy (non-hydrogen) atoms. The van der Waals surface area contributed by atoms with E-state index >= 15 is 0 Å². The van der Waals surface area contributed by atoms with E-state index in [9.17, 15) is 14.7 Å². The Hall–Kier alpha value is -4.00. The van der Waals surface area contributed by atoms with Crippen molar-refractivity contribution in [3.63, 3.8) is 0 Å². The zero-order valence-corrected chi connectivity index (χ0v) is 18.6. The summed E-state index contributed by atoms with van der Waals surface area (Å²) < 4.78 is 11.4. The summed E-state index contributed by atoms with van der Waals surface area (Å²) >= 11 is 0. The number of rotatable bonds is 4. The number of aliphatic hydroxyl groups is 1. The van der Waals surface area contributed by atoms with Crippen LogP contribution >= 0.6 is 0 Å². The van der Waals surface area contributed by atoms with Gasteiger partial charge >= 0.3 is 0 Å². The van der Waals surface area contributed by atoms with Gasteiger partial charge in [-0.3, -0.25) is 14.5 Å². The van der Waals surface area contributed by atoms with Crippen molar-refractivity contribution in [3.8, 4) is 5.75 Å². The molecule has 1 amide bonds. The van der Waals surface area contributed by atoms with Crippen LogP contribution in [0.15, 0.2) is 70.9 Å². The van der Waals surface area contributed by atoms with E-state index in [1.165, 1.54) is 11.2 Å². The Kier molecular flexibility index (Phi) is 4.96. The van der Waals surface area contributed by atoms with Gasteiger partial charge in [0.05, 0.1) is 11.8 Å². The predicted octanol–water partition coefficient (Wildman–Crippen LogP) is 4.30. The molecule has 7 nitrogen and oxygen atoms in total. The fourth-order valence-electron chi connectivity index (χ4n) is 4.45. The van der Waals surface area contributed by atoms with Crippen molar-refractivity contribution in [1.29, 1.82) is 0 Å². The lowest BCUT2D eigenvalue weighted by atomic mass is 9.97. The summed E-state index contributed by atoms with van der Waals surface area (Å²) in [6.07, 6.45) is 2.25. The molecule has 2 unspecified atom stereocenters. The van der Waals surface area contributed by atoms with Gasteiger partial charge in [0.25, 0.3) is 11.7 Å². The molecule has 1 aromatic heterocycles. The lowest BCUT2D eigenvalue weighted by Gasteiger charge is -2.24. The van der Waals surface area contributed by atoms with Gasteiger partial charge in [-0.15, -0.1) is 0 Å². The number of hydrogen-bond acceptors (Lipinski definition) is 6. The number of carbonyl (C=O) groups is 2. The Balaban J connectivity index is 1.63. The zero-order chi connectivity index (χ0) is 23.3. The van der Waals surface area contributed by atoms with Gasteiger partial charge < -0.3 is 19.2 Å². The van der Waals surface area contributed by atoms with Crippen LogP contribution in [-0.4, -0.2) is 37.0 Å². The number of ketones is 1. The van der Waals surface area contributed by atoms with Crippen LogP contribution in [0.4, 0.5) is 11.4 Å². The number of Topliss-reactive ketones (excluding diaryl/α,β-unsaturated/α-hetero) is 1. The van der Waals surface area contributed by atoms with Crippen LogP contribution in [-0.2, 0) is 16.0 Å². The highest BCUT2D eigenvalue weighted by atomic mass is 16.5. The first-order valence-electron chi connectivity index (χ1n) is 10.8. The first-order valence-corrected chi connectivity index (χ1v) is 10.8. The van der Waals surface area contributed by atoms with E-state index in [1.54, 1.807) is 36.4 Å². The predicted molar refractivity (Wildman–Crippen MR) is 124 cm³/mol. The molecule has 0 saturated carbocycles. The van der Waals surface area contributed by atoms with Gasteiger partial charge in [0.2, 0.25) is 0 Å². The largest absolute Gasteiger partial charge is 0.507 e. The molecule has 2 aromatic carbocycles. The van der Waals surface area contributed by atoms with Crippen LogP contribution in [0.5, 0.6) is 5.75 Å². The average Bonchev–Trinajstić information content (AvgIpc) is 3.51. The van der Waals surface area contributed by atoms with E-state index in [0.29, 0.717) is 23.4 Å². The molecule has 1 fully saturated rings. The molecular formula is C26H24N2O5. The molecule has 2 aliphatic rings. The summed E-state index contributed by atoms with van der Waals surface area (Å²) in [6.45, 7) is 1.98. The van der Waals surface area contributed by atoms with Crippen LogP contribution in [0.2, 0.25) is 0 Å². The van der Waals surface area contributed by atoms with Crippen molar-refractivity contribution < 1.29 is 23.8 Å². The molecule has 0 radical (unpaired) electrons. The third-order valence-corrected chi connectivity index (χ3v) is 6.07. The Morgan fingerprint density at radius 2 is 1.85 bits per heavy atom. The molecular weight excluding hydrogens is 420 g/mol. The molecule has 1 N–H and O–H groups in total. The molecule has 2 aliphatic heterocycles. The van der Waals surface area contributed by atoms with Crippen molar-refractivity contribution in [3.05, 3.63) is 83.3 Å². The summed E-state index contributed by atoms with van der Waals surface area (Å²) in [6, 6.07) is 15.1. The highest BCUT2D eigenvalue weighted by Gasteiger charge is 2.48. The first-order chi connectivity index (χ1) is 15.8. The van der Waals surface area contributed by atoms with Gasteiger partial charge in [-0.1, -0.05) is 0 Å². The lowest BCUT2D eigenvalue weighted by molar-refractivity contribution is -0.132. The second-order valence-electron chi connectivity index (χ2n) is 8.55. The normalized spacial score (nSPS) is 21.2. The summed E-state index contributed by atoms with van der Waals surface area (Å²) in [5.41, 5.74) is 2.91. The number of fused-ring (bicyclic) bond motifs is 1. The van der Waals surface area contributed by atoms with E-state index in [0.717, 1.165) is 17.0 Å². The average molecular weight is 444 g/mol. The number of nitrogens with zero attached hydrogens (tertiary/aromatic N) is 2. The number of carbonyl (C=O) groups excluding carboxylic acids is 2. The molecule has 0 aliphatic carbocycles. The zero-order valence-electron chi connectivity index (χ0n) is 18.6. The molecule has 7 heteroatoms. The van der Waals surface area contributed by atoms with Crippen LogP contribution in [0, 0.1) is 0 Å². The number of ether oxygens (including phenoxy) is 1. The Morgan fingerprint density at radius 1 is 1.09 bits per heavy atom. The van der Waals surface area contributed by atoms with E-state index in [2.05, 4.69) is 0 Å². The Labute approximate surface area is 191 Å². The van der Waals surface area contributed by atoms with E-state index in [4.69, 9.17) is 9.15 Å². The van der Waals surface area contributed by atoms with Gasteiger partial charge in [-0.25, -0.2) is 0 Å². The summed E-state index contributed by atoms with van der Waals surface area (Å²) in [5, 5.41) is 11.2. The lowest BCUT2D eigenvalue weighted by Crippen LogP contribution is -2.29. The topological polar surface area (TPSA) is 83.2 Å². The second-order valence-corrected chi connectivity index (χ2v) is 8.55. The van der Waals surface area contributed by atoms with Crippen LogP contribution < -0.4 is 14.5 Å². The third-order valence-electron chi connectivity index (χ3n) is 6.07. The number of furan rings is 1. The minimum Gasteiger partial charge on any atom is -0.507 e. The quantitative estimate of drug-likeness (QED) is 0.367. The van der Waals surface area contributed by atoms with E-state index in [1.807, 2.05) is 44.1 Å². The minimum absolute atomic E-state index is 0.00134. The monoisotopic (exact) mass is 444 g/mol. The number of anilines is 2. The molecule has 5 rings (SSSR count). The maximum atomic E-state index is 13.2. The maximum Gasteiger partial charge on any atom is 0.300 e. The van der Waals surface area contributed by atoms with Crippen LogP contribution in [0.3, 0.4) is 0 Å². The highest BCUT2D eigenvalue weighted by Crippen LogP contribution is 2.43. The summed E-state index contributed by atoms with van der Waals surface area (Å²) in [4.78, 5) is 29.7. The summed E-state index contributed by atoms with van der Waals surface area (Å²) in [5.74, 6) is -0.539. The third kappa shape index (κ3) is 3.46. The molecule has 1 saturated heterocycles. The molecule has 0 spiro atoms. The van der Waals surface area contributed by atoms with Crippen molar-refractivity contribution in [1.82, 2.24) is 0 Å². The standard InChI is InChI=1S/C26H24N2O5/c1-15-13-17-14-16(6-11-20(17)33-15)24(29)22-23(21-5-4-12-32-21)28(26(31)25(22)30)19-9-7-18(8-10-19)27(2)3/h4-12,14-15,23,29H,13H2,1-3H3/b24-22-. The number of aliphatic hydroxyl groups excluding tert-OH is 1. The maximum absolute atomic E-state index is 13.2. The Bertz CT molecular complexity index is 1260. The molecule has 3 heterocycles. The first kappa shape index (κ1) is 20.9. The molecule has 2 atom stereocenters. The SMILES string of the molecule is CC1Cc2cc(/C(O)=C3/C(=O)C(=O)N(c4ccc(N(C)C)cc4)C3c3ccco3)ccc2O1.